The van der Waals surface area contributed by atoms with Gasteiger partial charge in [-0.25, -0.2) is 0 Å². The maximum Gasteiger partial charge on any atom is 0.0717 e. The molecule has 1 aromatic carbocycles. The fourth-order valence-electron chi connectivity index (χ4n) is 1.77. The summed E-state index contributed by atoms with van der Waals surface area (Å²) in [7, 11) is 1.72. The molecule has 1 unspecified atom stereocenters. The first-order valence-electron chi connectivity index (χ1n) is 7.67. The van der Waals surface area contributed by atoms with Crippen LogP contribution in [0.4, 0.5) is 0 Å². The van der Waals surface area contributed by atoms with E-state index in [1.807, 2.05) is 43.4 Å². The summed E-state index contributed by atoms with van der Waals surface area (Å²) in [6.07, 6.45) is 6.69. The topological polar surface area (TPSA) is 18.5 Å². The van der Waals surface area contributed by atoms with Gasteiger partial charge in [-0.05, 0) is 24.5 Å². The zero-order valence-corrected chi connectivity index (χ0v) is 14.3. The molecule has 0 aromatic heterocycles. The minimum atomic E-state index is 0.462. The Morgan fingerprint density at radius 3 is 2.32 bits per heavy atom. The molecule has 0 amide bonds. The molecule has 0 radical (unpaired) electrons. The molecular formula is C20H30O2. The third-order valence-electron chi connectivity index (χ3n) is 2.98. The SMILES string of the molecule is C=CC/C(C=C)=C\C.COCC(C)COCc1ccccc1. The Bertz CT molecular complexity index is 421. The monoisotopic (exact) mass is 302 g/mol. The molecule has 122 valence electrons. The van der Waals surface area contributed by atoms with E-state index in [9.17, 15) is 0 Å². The van der Waals surface area contributed by atoms with Crippen LogP contribution in [0.25, 0.3) is 0 Å². The van der Waals surface area contributed by atoms with Crippen LogP contribution in [-0.2, 0) is 16.1 Å². The molecule has 1 aromatic rings. The van der Waals surface area contributed by atoms with Gasteiger partial charge in [0.15, 0.2) is 0 Å². The van der Waals surface area contributed by atoms with Crippen molar-refractivity contribution < 1.29 is 9.47 Å². The first kappa shape index (κ1) is 20.4. The molecule has 0 heterocycles. The van der Waals surface area contributed by atoms with Gasteiger partial charge in [0.2, 0.25) is 0 Å². The predicted octanol–water partition coefficient (Wildman–Crippen LogP) is 5.18. The minimum absolute atomic E-state index is 0.462. The Morgan fingerprint density at radius 2 is 1.86 bits per heavy atom. The molecule has 0 aliphatic rings. The molecule has 1 atom stereocenters. The van der Waals surface area contributed by atoms with Crippen LogP contribution in [0.5, 0.6) is 0 Å². The number of methoxy groups -OCH3 is 1. The molecule has 22 heavy (non-hydrogen) atoms. The van der Waals surface area contributed by atoms with Gasteiger partial charge in [0.05, 0.1) is 19.8 Å². The molecule has 0 N–H and O–H groups in total. The lowest BCUT2D eigenvalue weighted by atomic mass is 10.2. The van der Waals surface area contributed by atoms with Gasteiger partial charge in [-0.2, -0.15) is 0 Å². The van der Waals surface area contributed by atoms with Crippen molar-refractivity contribution in [1.29, 1.82) is 0 Å². The van der Waals surface area contributed by atoms with Crippen LogP contribution in [0, 0.1) is 5.92 Å². The minimum Gasteiger partial charge on any atom is -0.384 e. The van der Waals surface area contributed by atoms with E-state index in [-0.39, 0.29) is 0 Å². The molecule has 0 bridgehead atoms. The molecule has 0 aliphatic carbocycles. The van der Waals surface area contributed by atoms with Crippen molar-refractivity contribution in [3.63, 3.8) is 0 Å². The molecule has 2 nitrogen and oxygen atoms in total. The fourth-order valence-corrected chi connectivity index (χ4v) is 1.77. The van der Waals surface area contributed by atoms with Gasteiger partial charge < -0.3 is 9.47 Å². The molecule has 1 rings (SSSR count). The predicted molar refractivity (Wildman–Crippen MR) is 95.9 cm³/mol. The molecule has 0 saturated heterocycles. The van der Waals surface area contributed by atoms with Crippen LogP contribution in [0.2, 0.25) is 0 Å². The van der Waals surface area contributed by atoms with Crippen LogP contribution in [0.3, 0.4) is 0 Å². The summed E-state index contributed by atoms with van der Waals surface area (Å²) in [5.41, 5.74) is 2.46. The molecule has 0 aliphatic heterocycles. The van der Waals surface area contributed by atoms with Gasteiger partial charge in [-0.1, -0.05) is 62.1 Å². The van der Waals surface area contributed by atoms with Gasteiger partial charge in [0.25, 0.3) is 0 Å². The van der Waals surface area contributed by atoms with Gasteiger partial charge in [0, 0.05) is 13.0 Å². The van der Waals surface area contributed by atoms with E-state index in [1.165, 1.54) is 11.1 Å². The molecule has 0 fully saturated rings. The lowest BCUT2D eigenvalue weighted by Gasteiger charge is -2.10. The Hall–Kier alpha value is -1.64. The maximum atomic E-state index is 5.55. The van der Waals surface area contributed by atoms with E-state index in [0.29, 0.717) is 12.5 Å². The van der Waals surface area contributed by atoms with Crippen LogP contribution >= 0.6 is 0 Å². The summed E-state index contributed by atoms with van der Waals surface area (Å²) < 4.78 is 10.6. The highest BCUT2D eigenvalue weighted by Gasteiger charge is 2.00. The van der Waals surface area contributed by atoms with Crippen molar-refractivity contribution in [1.82, 2.24) is 0 Å². The Kier molecular flexibility index (Phi) is 13.2. The molecule has 0 spiro atoms. The van der Waals surface area contributed by atoms with Gasteiger partial charge in [-0.3, -0.25) is 0 Å². The number of benzene rings is 1. The summed E-state index contributed by atoms with van der Waals surface area (Å²) in [5, 5.41) is 0. The molecule has 0 saturated carbocycles. The summed E-state index contributed by atoms with van der Waals surface area (Å²) in [5.74, 6) is 0.462. The van der Waals surface area contributed by atoms with Crippen molar-refractivity contribution in [2.75, 3.05) is 20.3 Å². The second-order valence-corrected chi connectivity index (χ2v) is 5.12. The summed E-state index contributed by atoms with van der Waals surface area (Å²) in [4.78, 5) is 0. The number of rotatable bonds is 9. The van der Waals surface area contributed by atoms with Gasteiger partial charge in [0.1, 0.15) is 0 Å². The first-order chi connectivity index (χ1) is 10.7. The molecule has 2 heteroatoms. The van der Waals surface area contributed by atoms with Crippen molar-refractivity contribution in [2.45, 2.75) is 26.9 Å². The summed E-state index contributed by atoms with van der Waals surface area (Å²) >= 11 is 0. The van der Waals surface area contributed by atoms with Crippen molar-refractivity contribution in [2.24, 2.45) is 5.92 Å². The third kappa shape index (κ3) is 11.1. The smallest absolute Gasteiger partial charge is 0.0717 e. The average molecular weight is 302 g/mol. The highest BCUT2D eigenvalue weighted by Crippen LogP contribution is 2.03. The van der Waals surface area contributed by atoms with E-state index in [0.717, 1.165) is 19.6 Å². The zero-order chi connectivity index (χ0) is 16.6. The second-order valence-electron chi connectivity index (χ2n) is 5.12. The highest BCUT2D eigenvalue weighted by atomic mass is 16.5. The van der Waals surface area contributed by atoms with Gasteiger partial charge >= 0.3 is 0 Å². The van der Waals surface area contributed by atoms with E-state index >= 15 is 0 Å². The summed E-state index contributed by atoms with van der Waals surface area (Å²) in [6.45, 7) is 13.6. The van der Waals surface area contributed by atoms with Crippen molar-refractivity contribution >= 4 is 0 Å². The fraction of sp³-hybridized carbons (Fsp3) is 0.400. The van der Waals surface area contributed by atoms with Crippen LogP contribution < -0.4 is 0 Å². The molecular weight excluding hydrogens is 272 g/mol. The number of hydrogen-bond acceptors (Lipinski definition) is 2. The lowest BCUT2D eigenvalue weighted by Crippen LogP contribution is -2.11. The Balaban J connectivity index is 0.000000472. The normalized spacial score (nSPS) is 12.0. The standard InChI is InChI=1S/C12H18O2.C8H12/c1-11(8-13-2)9-14-10-12-6-4-3-5-7-12;1-4-7-8(5-2)6-3/h3-7,11H,8-10H2,1-2H3;4-6H,1-2,7H2,3H3/b;8-6-. The lowest BCUT2D eigenvalue weighted by molar-refractivity contribution is 0.0561. The Morgan fingerprint density at radius 1 is 1.18 bits per heavy atom. The quantitative estimate of drug-likeness (QED) is 0.462. The third-order valence-corrected chi connectivity index (χ3v) is 2.98. The maximum absolute atomic E-state index is 5.55. The zero-order valence-electron chi connectivity index (χ0n) is 14.3. The largest absolute Gasteiger partial charge is 0.384 e. The highest BCUT2D eigenvalue weighted by molar-refractivity contribution is 5.17. The Labute approximate surface area is 136 Å². The van der Waals surface area contributed by atoms with E-state index < -0.39 is 0 Å². The number of allylic oxidation sites excluding steroid dienone is 4. The van der Waals surface area contributed by atoms with Crippen LogP contribution in [0.15, 0.2) is 67.3 Å². The van der Waals surface area contributed by atoms with Crippen LogP contribution in [0.1, 0.15) is 25.8 Å². The van der Waals surface area contributed by atoms with Crippen LogP contribution in [-0.4, -0.2) is 20.3 Å². The first-order valence-corrected chi connectivity index (χ1v) is 7.67. The van der Waals surface area contributed by atoms with E-state index in [4.69, 9.17) is 9.47 Å². The summed E-state index contributed by atoms with van der Waals surface area (Å²) in [6, 6.07) is 10.2. The van der Waals surface area contributed by atoms with Gasteiger partial charge in [-0.15, -0.1) is 6.58 Å². The average Bonchev–Trinajstić information content (AvgIpc) is 2.54. The van der Waals surface area contributed by atoms with E-state index in [2.05, 4.69) is 32.2 Å². The number of hydrogen-bond donors (Lipinski definition) is 0. The number of ether oxygens (including phenoxy) is 2. The van der Waals surface area contributed by atoms with Crippen molar-refractivity contribution in [3.8, 4) is 0 Å². The van der Waals surface area contributed by atoms with E-state index in [1.54, 1.807) is 7.11 Å². The van der Waals surface area contributed by atoms with Crippen molar-refractivity contribution in [3.05, 3.63) is 72.9 Å². The second kappa shape index (κ2) is 14.3.